The van der Waals surface area contributed by atoms with Crippen LogP contribution in [0.15, 0.2) is 66.9 Å². The van der Waals surface area contributed by atoms with Gasteiger partial charge in [0.05, 0.1) is 16.7 Å². The van der Waals surface area contributed by atoms with Gasteiger partial charge in [0.2, 0.25) is 0 Å². The van der Waals surface area contributed by atoms with Crippen LogP contribution in [0.25, 0.3) is 0 Å². The molecule has 1 heterocycles. The van der Waals surface area contributed by atoms with Crippen molar-refractivity contribution >= 4 is 17.3 Å². The number of nitrogens with zero attached hydrogens (tertiary/aromatic N) is 3. The van der Waals surface area contributed by atoms with Gasteiger partial charge in [0, 0.05) is 24.4 Å². The molecular weight excluding hydrogens is 410 g/mol. The number of nitrogens with one attached hydrogen (secondary N) is 2. The van der Waals surface area contributed by atoms with Crippen LogP contribution in [0.3, 0.4) is 0 Å². The van der Waals surface area contributed by atoms with E-state index >= 15 is 0 Å². The van der Waals surface area contributed by atoms with Gasteiger partial charge >= 0.3 is 0 Å². The topological polar surface area (TPSA) is 130 Å². The third kappa shape index (κ3) is 5.79. The molecule has 0 spiro atoms. The summed E-state index contributed by atoms with van der Waals surface area (Å²) >= 11 is 0. The van der Waals surface area contributed by atoms with Gasteiger partial charge in [0.15, 0.2) is 6.61 Å². The highest BCUT2D eigenvalue weighted by Gasteiger charge is 2.19. The summed E-state index contributed by atoms with van der Waals surface area (Å²) in [5.74, 6) is 0.0761. The van der Waals surface area contributed by atoms with Gasteiger partial charge in [-0.3, -0.25) is 19.9 Å². The summed E-state index contributed by atoms with van der Waals surface area (Å²) in [6.07, 6.45) is 1.65. The zero-order valence-corrected chi connectivity index (χ0v) is 17.3. The van der Waals surface area contributed by atoms with Gasteiger partial charge in [-0.25, -0.2) is 0 Å². The lowest BCUT2D eigenvalue weighted by molar-refractivity contribution is -0.384. The number of ether oxygens (including phenoxy) is 1. The molecule has 0 aliphatic carbocycles. The Labute approximate surface area is 184 Å². The number of carbonyl (C=O) groups excluding carboxylic acids is 1. The molecule has 0 saturated heterocycles. The maximum absolute atomic E-state index is 12.6. The van der Waals surface area contributed by atoms with Crippen molar-refractivity contribution in [3.8, 4) is 11.8 Å². The largest absolute Gasteiger partial charge is 0.479 e. The maximum Gasteiger partial charge on any atom is 0.293 e. The number of nitro benzene ring substituents is 1. The van der Waals surface area contributed by atoms with E-state index in [9.17, 15) is 14.9 Å². The van der Waals surface area contributed by atoms with Gasteiger partial charge in [0.25, 0.3) is 11.6 Å². The third-order valence-corrected chi connectivity index (χ3v) is 4.61. The van der Waals surface area contributed by atoms with Crippen LogP contribution in [0, 0.1) is 21.4 Å². The first-order valence-electron chi connectivity index (χ1n) is 9.80. The van der Waals surface area contributed by atoms with Gasteiger partial charge < -0.3 is 15.4 Å². The highest BCUT2D eigenvalue weighted by Crippen LogP contribution is 2.29. The van der Waals surface area contributed by atoms with Crippen LogP contribution in [0.2, 0.25) is 0 Å². The molecule has 2 aromatic carbocycles. The van der Waals surface area contributed by atoms with Crippen molar-refractivity contribution in [1.29, 1.82) is 5.26 Å². The second-order valence-electron chi connectivity index (χ2n) is 6.89. The standard InChI is InChI=1S/C23H21N5O4/c1-16(20-7-2-3-11-25-20)27-21-9-8-18(14-22(21)28(30)31)23(29)26-15-17-5-4-6-19(13-17)32-12-10-24/h2-9,11,13-14,16,27H,12,15H2,1H3,(H,26,29). The Morgan fingerprint density at radius 3 is 2.78 bits per heavy atom. The Kier molecular flexibility index (Phi) is 7.33. The van der Waals surface area contributed by atoms with E-state index in [1.54, 1.807) is 36.5 Å². The normalized spacial score (nSPS) is 11.1. The fraction of sp³-hybridized carbons (Fsp3) is 0.174. The van der Waals surface area contributed by atoms with E-state index in [4.69, 9.17) is 10.00 Å². The number of amides is 1. The first-order chi connectivity index (χ1) is 15.5. The fourth-order valence-corrected chi connectivity index (χ4v) is 3.03. The molecular formula is C23H21N5O4. The molecule has 9 nitrogen and oxygen atoms in total. The summed E-state index contributed by atoms with van der Waals surface area (Å²) in [6, 6.07) is 18.4. The third-order valence-electron chi connectivity index (χ3n) is 4.61. The Hall–Kier alpha value is -4.45. The second kappa shape index (κ2) is 10.5. The molecule has 1 unspecified atom stereocenters. The van der Waals surface area contributed by atoms with Crippen LogP contribution in [0.4, 0.5) is 11.4 Å². The number of rotatable bonds is 9. The van der Waals surface area contributed by atoms with Crippen molar-refractivity contribution in [2.24, 2.45) is 0 Å². The van der Waals surface area contributed by atoms with E-state index in [0.29, 0.717) is 11.4 Å². The van der Waals surface area contributed by atoms with E-state index < -0.39 is 10.8 Å². The molecule has 162 valence electrons. The molecule has 0 bridgehead atoms. The lowest BCUT2D eigenvalue weighted by Crippen LogP contribution is -2.23. The van der Waals surface area contributed by atoms with Gasteiger partial charge in [-0.15, -0.1) is 0 Å². The molecule has 0 saturated carbocycles. The summed E-state index contributed by atoms with van der Waals surface area (Å²) in [7, 11) is 0. The average Bonchev–Trinajstić information content (AvgIpc) is 2.82. The van der Waals surface area contributed by atoms with Crippen molar-refractivity contribution in [3.05, 3.63) is 93.8 Å². The number of nitriles is 1. The highest BCUT2D eigenvalue weighted by molar-refractivity contribution is 5.95. The summed E-state index contributed by atoms with van der Waals surface area (Å²) in [5, 5.41) is 26.0. The molecule has 32 heavy (non-hydrogen) atoms. The van der Waals surface area contributed by atoms with Gasteiger partial charge in [-0.05, 0) is 48.9 Å². The minimum atomic E-state index is -0.528. The summed E-state index contributed by atoms with van der Waals surface area (Å²) in [6.45, 7) is 1.98. The van der Waals surface area contributed by atoms with E-state index in [1.165, 1.54) is 18.2 Å². The van der Waals surface area contributed by atoms with E-state index in [2.05, 4.69) is 15.6 Å². The predicted molar refractivity (Wildman–Crippen MR) is 118 cm³/mol. The van der Waals surface area contributed by atoms with E-state index in [-0.39, 0.29) is 30.4 Å². The average molecular weight is 431 g/mol. The Morgan fingerprint density at radius 2 is 2.06 bits per heavy atom. The van der Waals surface area contributed by atoms with Crippen LogP contribution in [0.1, 0.15) is 34.6 Å². The smallest absolute Gasteiger partial charge is 0.293 e. The Balaban J connectivity index is 1.70. The van der Waals surface area contributed by atoms with Crippen LogP contribution in [-0.2, 0) is 6.54 Å². The molecule has 1 amide bonds. The fourth-order valence-electron chi connectivity index (χ4n) is 3.03. The number of benzene rings is 2. The van der Waals surface area contributed by atoms with Gasteiger partial charge in [0.1, 0.15) is 17.5 Å². The molecule has 1 aromatic heterocycles. The van der Waals surface area contributed by atoms with E-state index in [1.807, 2.05) is 25.1 Å². The number of hydrogen-bond acceptors (Lipinski definition) is 7. The molecule has 9 heteroatoms. The first-order valence-corrected chi connectivity index (χ1v) is 9.80. The highest BCUT2D eigenvalue weighted by atomic mass is 16.6. The molecule has 3 aromatic rings. The molecule has 3 rings (SSSR count). The molecule has 1 atom stereocenters. The lowest BCUT2D eigenvalue weighted by Gasteiger charge is -2.15. The first kappa shape index (κ1) is 22.2. The minimum Gasteiger partial charge on any atom is -0.479 e. The predicted octanol–water partition coefficient (Wildman–Crippen LogP) is 4.00. The van der Waals surface area contributed by atoms with Crippen LogP contribution >= 0.6 is 0 Å². The number of aromatic nitrogens is 1. The van der Waals surface area contributed by atoms with Crippen molar-refractivity contribution in [1.82, 2.24) is 10.3 Å². The number of nitro groups is 1. The van der Waals surface area contributed by atoms with Crippen LogP contribution < -0.4 is 15.4 Å². The SMILES string of the molecule is CC(Nc1ccc(C(=O)NCc2cccc(OCC#N)c2)cc1[N+](=O)[O-])c1ccccn1. The van der Waals surface area contributed by atoms with Crippen molar-refractivity contribution in [2.45, 2.75) is 19.5 Å². The number of pyridine rings is 1. The maximum atomic E-state index is 12.6. The minimum absolute atomic E-state index is 0.0706. The second-order valence-corrected chi connectivity index (χ2v) is 6.89. The zero-order chi connectivity index (χ0) is 22.9. The molecule has 0 fully saturated rings. The van der Waals surface area contributed by atoms with Gasteiger partial charge in [-0.1, -0.05) is 18.2 Å². The quantitative estimate of drug-likeness (QED) is 0.387. The number of hydrogen-bond donors (Lipinski definition) is 2. The van der Waals surface area contributed by atoms with Crippen molar-refractivity contribution in [3.63, 3.8) is 0 Å². The molecule has 0 aliphatic rings. The van der Waals surface area contributed by atoms with Crippen LogP contribution in [-0.4, -0.2) is 22.4 Å². The Bertz CT molecular complexity index is 1140. The monoisotopic (exact) mass is 431 g/mol. The summed E-state index contributed by atoms with van der Waals surface area (Å²) in [5.41, 5.74) is 1.78. The zero-order valence-electron chi connectivity index (χ0n) is 17.3. The van der Waals surface area contributed by atoms with E-state index in [0.717, 1.165) is 11.3 Å². The van der Waals surface area contributed by atoms with Gasteiger partial charge in [-0.2, -0.15) is 5.26 Å². The molecule has 0 radical (unpaired) electrons. The molecule has 0 aliphatic heterocycles. The van der Waals surface area contributed by atoms with Crippen LogP contribution in [0.5, 0.6) is 5.75 Å². The number of anilines is 1. The van der Waals surface area contributed by atoms with Crippen molar-refractivity contribution in [2.75, 3.05) is 11.9 Å². The van der Waals surface area contributed by atoms with Crippen molar-refractivity contribution < 1.29 is 14.5 Å². The number of carbonyl (C=O) groups is 1. The lowest BCUT2D eigenvalue weighted by atomic mass is 10.1. The Morgan fingerprint density at radius 1 is 1.22 bits per heavy atom. The molecule has 2 N–H and O–H groups in total. The summed E-state index contributed by atoms with van der Waals surface area (Å²) in [4.78, 5) is 27.9. The summed E-state index contributed by atoms with van der Waals surface area (Å²) < 4.78 is 5.25.